The van der Waals surface area contributed by atoms with E-state index < -0.39 is 5.82 Å². The van der Waals surface area contributed by atoms with Crippen LogP contribution >= 0.6 is 11.6 Å². The Bertz CT molecular complexity index is 911. The molecular formula is C17H14ClFN2O2. The molecule has 0 atom stereocenters. The number of benzene rings is 1. The normalized spacial score (nSPS) is 11.0. The molecule has 0 N–H and O–H groups in total. The second-order valence-electron chi connectivity index (χ2n) is 5.33. The minimum absolute atomic E-state index is 0.0607. The van der Waals surface area contributed by atoms with Crippen LogP contribution in [0.2, 0.25) is 5.02 Å². The van der Waals surface area contributed by atoms with Crippen molar-refractivity contribution in [2.24, 2.45) is 0 Å². The molecule has 23 heavy (non-hydrogen) atoms. The van der Waals surface area contributed by atoms with Gasteiger partial charge in [-0.3, -0.25) is 4.79 Å². The number of nitrogens with zero attached hydrogens (tertiary/aromatic N) is 2. The van der Waals surface area contributed by atoms with E-state index in [1.807, 2.05) is 13.8 Å². The van der Waals surface area contributed by atoms with Crippen LogP contribution < -0.4 is 5.56 Å². The van der Waals surface area contributed by atoms with Crippen molar-refractivity contribution in [3.8, 4) is 11.1 Å². The summed E-state index contributed by atoms with van der Waals surface area (Å²) in [6.07, 6.45) is 1.72. The molecule has 0 bridgehead atoms. The van der Waals surface area contributed by atoms with E-state index in [0.29, 0.717) is 11.3 Å². The molecule has 2 aromatic heterocycles. The maximum absolute atomic E-state index is 13.6. The molecule has 0 radical (unpaired) electrons. The van der Waals surface area contributed by atoms with E-state index in [-0.39, 0.29) is 17.1 Å². The number of rotatable bonds is 3. The van der Waals surface area contributed by atoms with Crippen molar-refractivity contribution < 1.29 is 8.91 Å². The summed E-state index contributed by atoms with van der Waals surface area (Å²) in [7, 11) is 0. The third kappa shape index (κ3) is 3.05. The Morgan fingerprint density at radius 3 is 2.70 bits per heavy atom. The maximum Gasteiger partial charge on any atom is 0.250 e. The average Bonchev–Trinajstić information content (AvgIpc) is 2.85. The molecule has 1 aromatic carbocycles. The minimum atomic E-state index is -0.501. The number of aryl methyl sites for hydroxylation is 2. The van der Waals surface area contributed by atoms with Gasteiger partial charge in [-0.15, -0.1) is 0 Å². The minimum Gasteiger partial charge on any atom is -0.361 e. The lowest BCUT2D eigenvalue weighted by Gasteiger charge is -2.09. The average molecular weight is 333 g/mol. The van der Waals surface area contributed by atoms with E-state index >= 15 is 0 Å². The van der Waals surface area contributed by atoms with Gasteiger partial charge in [0.15, 0.2) is 0 Å². The fourth-order valence-corrected chi connectivity index (χ4v) is 2.65. The van der Waals surface area contributed by atoms with Gasteiger partial charge in [-0.25, -0.2) is 4.39 Å². The van der Waals surface area contributed by atoms with Gasteiger partial charge in [0.2, 0.25) is 0 Å². The second-order valence-corrected chi connectivity index (χ2v) is 5.74. The Balaban J connectivity index is 2.01. The summed E-state index contributed by atoms with van der Waals surface area (Å²) in [4.78, 5) is 12.1. The first-order valence-electron chi connectivity index (χ1n) is 7.03. The van der Waals surface area contributed by atoms with Crippen molar-refractivity contribution in [1.82, 2.24) is 9.72 Å². The van der Waals surface area contributed by atoms with Crippen LogP contribution in [0.5, 0.6) is 0 Å². The largest absolute Gasteiger partial charge is 0.361 e. The van der Waals surface area contributed by atoms with Crippen LogP contribution in [0.25, 0.3) is 11.1 Å². The summed E-state index contributed by atoms with van der Waals surface area (Å²) in [6, 6.07) is 7.72. The van der Waals surface area contributed by atoms with E-state index in [2.05, 4.69) is 5.16 Å². The van der Waals surface area contributed by atoms with Crippen molar-refractivity contribution in [1.29, 1.82) is 0 Å². The highest BCUT2D eigenvalue weighted by atomic mass is 35.5. The van der Waals surface area contributed by atoms with Crippen LogP contribution in [-0.2, 0) is 6.54 Å². The lowest BCUT2D eigenvalue weighted by Crippen LogP contribution is -2.19. The standard InChI is InChI=1S/C17H14ClFN2O2/c1-10-17(11(2)23-20-10)13-4-6-16(22)21(9-13)8-12-3-5-14(18)15(19)7-12/h3-7,9H,8H2,1-2H3. The Kier molecular flexibility index (Phi) is 4.05. The van der Waals surface area contributed by atoms with Gasteiger partial charge >= 0.3 is 0 Å². The lowest BCUT2D eigenvalue weighted by atomic mass is 10.1. The number of hydrogen-bond donors (Lipinski definition) is 0. The molecule has 0 aliphatic rings. The highest BCUT2D eigenvalue weighted by molar-refractivity contribution is 6.30. The van der Waals surface area contributed by atoms with Crippen molar-refractivity contribution in [3.05, 3.63) is 74.7 Å². The maximum atomic E-state index is 13.6. The summed E-state index contributed by atoms with van der Waals surface area (Å²) in [5, 5.41) is 3.98. The van der Waals surface area contributed by atoms with Gasteiger partial charge in [0, 0.05) is 23.4 Å². The predicted octanol–water partition coefficient (Wildman–Crippen LogP) is 3.96. The summed E-state index contributed by atoms with van der Waals surface area (Å²) in [5.74, 6) is 0.185. The van der Waals surface area contributed by atoms with Crippen molar-refractivity contribution in [3.63, 3.8) is 0 Å². The van der Waals surface area contributed by atoms with E-state index in [4.69, 9.17) is 16.1 Å². The molecule has 0 spiro atoms. The van der Waals surface area contributed by atoms with Crippen LogP contribution in [0.4, 0.5) is 4.39 Å². The quantitative estimate of drug-likeness (QED) is 0.729. The second kappa shape index (κ2) is 6.01. The zero-order valence-electron chi connectivity index (χ0n) is 12.6. The molecule has 0 saturated heterocycles. The molecule has 0 fully saturated rings. The number of pyridine rings is 1. The first-order chi connectivity index (χ1) is 11.0. The van der Waals surface area contributed by atoms with Gasteiger partial charge in [0.1, 0.15) is 11.6 Å². The van der Waals surface area contributed by atoms with Crippen molar-refractivity contribution >= 4 is 11.6 Å². The Morgan fingerprint density at radius 1 is 1.26 bits per heavy atom. The van der Waals surface area contributed by atoms with E-state index in [0.717, 1.165) is 16.8 Å². The number of hydrogen-bond acceptors (Lipinski definition) is 3. The summed E-state index contributed by atoms with van der Waals surface area (Å²) in [6.45, 7) is 3.92. The third-order valence-electron chi connectivity index (χ3n) is 3.64. The van der Waals surface area contributed by atoms with Crippen molar-refractivity contribution in [2.75, 3.05) is 0 Å². The Hall–Kier alpha value is -2.40. The molecule has 0 aliphatic heterocycles. The first kappa shape index (κ1) is 15.5. The molecule has 6 heteroatoms. The van der Waals surface area contributed by atoms with Gasteiger partial charge in [-0.2, -0.15) is 0 Å². The predicted molar refractivity (Wildman–Crippen MR) is 86.2 cm³/mol. The zero-order valence-corrected chi connectivity index (χ0v) is 13.4. The van der Waals surface area contributed by atoms with Gasteiger partial charge < -0.3 is 9.09 Å². The van der Waals surface area contributed by atoms with Gasteiger partial charge in [0.05, 0.1) is 17.3 Å². The van der Waals surface area contributed by atoms with Crippen LogP contribution in [0, 0.1) is 19.7 Å². The molecule has 4 nitrogen and oxygen atoms in total. The molecule has 3 rings (SSSR count). The van der Waals surface area contributed by atoms with Crippen LogP contribution in [-0.4, -0.2) is 9.72 Å². The van der Waals surface area contributed by atoms with E-state index in [9.17, 15) is 9.18 Å². The Morgan fingerprint density at radius 2 is 2.04 bits per heavy atom. The highest BCUT2D eigenvalue weighted by Crippen LogP contribution is 2.26. The fourth-order valence-electron chi connectivity index (χ4n) is 2.53. The van der Waals surface area contributed by atoms with Crippen LogP contribution in [0.3, 0.4) is 0 Å². The molecule has 118 valence electrons. The number of halogens is 2. The Labute approximate surface area is 137 Å². The van der Waals surface area contributed by atoms with Gasteiger partial charge in [-0.05, 0) is 37.6 Å². The topological polar surface area (TPSA) is 48.0 Å². The summed E-state index contributed by atoms with van der Waals surface area (Å²) >= 11 is 5.68. The van der Waals surface area contributed by atoms with E-state index in [1.54, 1.807) is 18.3 Å². The molecule has 0 saturated carbocycles. The molecule has 0 amide bonds. The van der Waals surface area contributed by atoms with Gasteiger partial charge in [0.25, 0.3) is 5.56 Å². The molecule has 3 aromatic rings. The van der Waals surface area contributed by atoms with Crippen LogP contribution in [0.15, 0.2) is 45.8 Å². The zero-order chi connectivity index (χ0) is 16.6. The summed E-state index contributed by atoms with van der Waals surface area (Å²) in [5.41, 5.74) is 2.93. The SMILES string of the molecule is Cc1noc(C)c1-c1ccc(=O)n(Cc2ccc(Cl)c(F)c2)c1. The lowest BCUT2D eigenvalue weighted by molar-refractivity contribution is 0.393. The smallest absolute Gasteiger partial charge is 0.250 e. The molecule has 0 aliphatic carbocycles. The van der Waals surface area contributed by atoms with Crippen LogP contribution in [0.1, 0.15) is 17.0 Å². The first-order valence-corrected chi connectivity index (χ1v) is 7.41. The molecule has 2 heterocycles. The monoisotopic (exact) mass is 332 g/mol. The van der Waals surface area contributed by atoms with Gasteiger partial charge in [-0.1, -0.05) is 22.8 Å². The third-order valence-corrected chi connectivity index (χ3v) is 3.95. The van der Waals surface area contributed by atoms with E-state index in [1.165, 1.54) is 22.8 Å². The molecular weight excluding hydrogens is 319 g/mol. The fraction of sp³-hybridized carbons (Fsp3) is 0.176. The summed E-state index contributed by atoms with van der Waals surface area (Å²) < 4.78 is 20.2. The number of aromatic nitrogens is 2. The highest BCUT2D eigenvalue weighted by Gasteiger charge is 2.12. The van der Waals surface area contributed by atoms with Crippen molar-refractivity contribution in [2.45, 2.75) is 20.4 Å². The molecule has 0 unspecified atom stereocenters.